The smallest absolute Gasteiger partial charge is 0.267 e. The summed E-state index contributed by atoms with van der Waals surface area (Å²) < 4.78 is 60.1. The maximum Gasteiger partial charge on any atom is 0.267 e. The summed E-state index contributed by atoms with van der Waals surface area (Å²) in [4.78, 5) is 11.0. The lowest BCUT2D eigenvalue weighted by Gasteiger charge is -2.27. The van der Waals surface area contributed by atoms with Gasteiger partial charge in [-0.1, -0.05) is 6.58 Å². The van der Waals surface area contributed by atoms with Crippen LogP contribution in [0.25, 0.3) is 0 Å². The van der Waals surface area contributed by atoms with Crippen molar-refractivity contribution in [2.45, 2.75) is 12.5 Å². The van der Waals surface area contributed by atoms with Crippen molar-refractivity contribution in [1.82, 2.24) is 5.32 Å². The van der Waals surface area contributed by atoms with Crippen molar-refractivity contribution in [1.29, 1.82) is 0 Å². The molecule has 17 heavy (non-hydrogen) atoms. The number of rotatable bonds is 6. The Bertz CT molecular complexity index is 470. The fourth-order valence-corrected chi connectivity index (χ4v) is 3.36. The van der Waals surface area contributed by atoms with Gasteiger partial charge in [0.15, 0.2) is 0 Å². The molecular formula is C7H13NO7S2. The third kappa shape index (κ3) is 7.85. The predicted molar refractivity (Wildman–Crippen MR) is 59.6 cm³/mol. The first-order valence-corrected chi connectivity index (χ1v) is 7.44. The molecule has 0 spiro atoms. The molecule has 0 unspecified atom stereocenters. The van der Waals surface area contributed by atoms with E-state index in [2.05, 4.69) is 6.58 Å². The van der Waals surface area contributed by atoms with Crippen molar-refractivity contribution in [3.8, 4) is 0 Å². The van der Waals surface area contributed by atoms with E-state index in [1.54, 1.807) is 0 Å². The highest BCUT2D eigenvalue weighted by Gasteiger charge is 2.35. The molecule has 0 aliphatic carbocycles. The molecule has 0 rings (SSSR count). The van der Waals surface area contributed by atoms with Crippen LogP contribution in [0.2, 0.25) is 0 Å². The van der Waals surface area contributed by atoms with Crippen LogP contribution in [-0.4, -0.2) is 48.9 Å². The molecule has 0 saturated carbocycles. The SMILES string of the molecule is C=CC(=O)NC(C)(CS(=O)(=O)O)CS(=O)(=O)O. The second kappa shape index (κ2) is 5.12. The highest BCUT2D eigenvalue weighted by Crippen LogP contribution is 2.10. The van der Waals surface area contributed by atoms with Crippen LogP contribution in [0.5, 0.6) is 0 Å². The molecule has 0 aliphatic heterocycles. The largest absolute Gasteiger partial charge is 0.345 e. The van der Waals surface area contributed by atoms with E-state index in [1.807, 2.05) is 5.32 Å². The van der Waals surface area contributed by atoms with Gasteiger partial charge in [0, 0.05) is 0 Å². The van der Waals surface area contributed by atoms with Gasteiger partial charge >= 0.3 is 0 Å². The van der Waals surface area contributed by atoms with Crippen LogP contribution in [0.4, 0.5) is 0 Å². The Balaban J connectivity index is 5.20. The van der Waals surface area contributed by atoms with Gasteiger partial charge in [0.2, 0.25) is 5.91 Å². The second-order valence-corrected chi connectivity index (χ2v) is 6.61. The summed E-state index contributed by atoms with van der Waals surface area (Å²) in [5.41, 5.74) is -1.85. The molecule has 0 aromatic rings. The van der Waals surface area contributed by atoms with Gasteiger partial charge in [-0.3, -0.25) is 13.9 Å². The number of hydrogen-bond acceptors (Lipinski definition) is 5. The summed E-state index contributed by atoms with van der Waals surface area (Å²) >= 11 is 0. The lowest BCUT2D eigenvalue weighted by atomic mass is 10.1. The van der Waals surface area contributed by atoms with Gasteiger partial charge in [0.1, 0.15) is 0 Å². The number of carbonyl (C=O) groups excluding carboxylic acids is 1. The van der Waals surface area contributed by atoms with Gasteiger partial charge in [-0.2, -0.15) is 16.8 Å². The number of nitrogens with one attached hydrogen (secondary N) is 1. The zero-order valence-electron chi connectivity index (χ0n) is 8.95. The molecule has 8 nitrogen and oxygen atoms in total. The Morgan fingerprint density at radius 2 is 1.59 bits per heavy atom. The van der Waals surface area contributed by atoms with Gasteiger partial charge in [0.25, 0.3) is 20.2 Å². The normalized spacial score (nSPS) is 13.1. The predicted octanol–water partition coefficient (Wildman–Crippen LogP) is -1.18. The van der Waals surface area contributed by atoms with E-state index in [1.165, 1.54) is 0 Å². The van der Waals surface area contributed by atoms with Gasteiger partial charge in [-0.25, -0.2) is 0 Å². The summed E-state index contributed by atoms with van der Waals surface area (Å²) in [5.74, 6) is -2.95. The maximum absolute atomic E-state index is 11.0. The van der Waals surface area contributed by atoms with Crippen LogP contribution >= 0.6 is 0 Å². The molecule has 0 aliphatic rings. The van der Waals surface area contributed by atoms with Crippen molar-refractivity contribution < 1.29 is 30.7 Å². The van der Waals surface area contributed by atoms with Crippen molar-refractivity contribution >= 4 is 26.1 Å². The molecule has 0 heterocycles. The summed E-state index contributed by atoms with van der Waals surface area (Å²) in [5, 5.41) is 2.02. The van der Waals surface area contributed by atoms with Gasteiger partial charge in [-0.05, 0) is 13.0 Å². The molecule has 0 fully saturated rings. The molecule has 100 valence electrons. The van der Waals surface area contributed by atoms with E-state index < -0.39 is 43.2 Å². The lowest BCUT2D eigenvalue weighted by Crippen LogP contribution is -2.54. The monoisotopic (exact) mass is 287 g/mol. The first kappa shape index (κ1) is 16.0. The summed E-state index contributed by atoms with van der Waals surface area (Å²) in [6.45, 7) is 4.15. The molecule has 0 saturated heterocycles. The maximum atomic E-state index is 11.0. The first-order valence-electron chi connectivity index (χ1n) is 4.22. The number of amides is 1. The van der Waals surface area contributed by atoms with Gasteiger partial charge in [0.05, 0.1) is 17.0 Å². The Labute approximate surface area is 99.2 Å². The molecular weight excluding hydrogens is 274 g/mol. The van der Waals surface area contributed by atoms with Crippen LogP contribution in [0.15, 0.2) is 12.7 Å². The quantitative estimate of drug-likeness (QED) is 0.413. The van der Waals surface area contributed by atoms with Crippen LogP contribution in [0.1, 0.15) is 6.92 Å². The molecule has 0 aromatic carbocycles. The highest BCUT2D eigenvalue weighted by atomic mass is 32.2. The van der Waals surface area contributed by atoms with E-state index in [0.29, 0.717) is 0 Å². The fraction of sp³-hybridized carbons (Fsp3) is 0.571. The first-order chi connectivity index (χ1) is 7.37. The van der Waals surface area contributed by atoms with Crippen LogP contribution in [0, 0.1) is 0 Å². The summed E-state index contributed by atoms with van der Waals surface area (Å²) in [6, 6.07) is 0. The van der Waals surface area contributed by atoms with E-state index in [9.17, 15) is 21.6 Å². The van der Waals surface area contributed by atoms with Crippen molar-refractivity contribution in [2.24, 2.45) is 0 Å². The summed E-state index contributed by atoms with van der Waals surface area (Å²) in [7, 11) is -9.07. The van der Waals surface area contributed by atoms with E-state index >= 15 is 0 Å². The van der Waals surface area contributed by atoms with Gasteiger partial charge in [-0.15, -0.1) is 0 Å². The van der Waals surface area contributed by atoms with Crippen molar-refractivity contribution in [2.75, 3.05) is 11.5 Å². The zero-order valence-corrected chi connectivity index (χ0v) is 10.6. The Hall–Kier alpha value is -0.970. The minimum atomic E-state index is -4.53. The van der Waals surface area contributed by atoms with E-state index in [4.69, 9.17) is 9.11 Å². The molecule has 3 N–H and O–H groups in total. The Morgan fingerprint density at radius 1 is 1.24 bits per heavy atom. The second-order valence-electron chi connectivity index (χ2n) is 3.71. The molecule has 0 bridgehead atoms. The minimum absolute atomic E-state index is 0.798. The molecule has 1 amide bonds. The third-order valence-corrected chi connectivity index (χ3v) is 3.62. The molecule has 0 aromatic heterocycles. The van der Waals surface area contributed by atoms with Crippen molar-refractivity contribution in [3.63, 3.8) is 0 Å². The lowest BCUT2D eigenvalue weighted by molar-refractivity contribution is -0.117. The average molecular weight is 287 g/mol. The van der Waals surface area contributed by atoms with Crippen LogP contribution < -0.4 is 5.32 Å². The zero-order chi connectivity index (χ0) is 13.9. The van der Waals surface area contributed by atoms with E-state index in [-0.39, 0.29) is 0 Å². The van der Waals surface area contributed by atoms with Gasteiger partial charge < -0.3 is 5.32 Å². The standard InChI is InChI=1S/C7H13NO7S2/c1-3-6(9)8-7(2,4-16(10,11)12)5-17(13,14)15/h3H,1,4-5H2,2H3,(H,8,9)(H,10,11,12)(H,13,14,15). The van der Waals surface area contributed by atoms with Crippen LogP contribution in [-0.2, 0) is 25.0 Å². The minimum Gasteiger partial charge on any atom is -0.345 e. The van der Waals surface area contributed by atoms with E-state index in [0.717, 1.165) is 13.0 Å². The third-order valence-electron chi connectivity index (χ3n) is 1.61. The number of hydrogen-bond donors (Lipinski definition) is 3. The Kier molecular flexibility index (Phi) is 4.83. The van der Waals surface area contributed by atoms with Crippen molar-refractivity contribution in [3.05, 3.63) is 12.7 Å². The topological polar surface area (TPSA) is 138 Å². The fourth-order valence-electron chi connectivity index (χ4n) is 1.27. The van der Waals surface area contributed by atoms with Crippen LogP contribution in [0.3, 0.4) is 0 Å². The number of carbonyl (C=O) groups is 1. The molecule has 10 heteroatoms. The molecule has 0 atom stereocenters. The molecule has 0 radical (unpaired) electrons. The Morgan fingerprint density at radius 3 is 1.82 bits per heavy atom. The average Bonchev–Trinajstić information content (AvgIpc) is 1.94. The highest BCUT2D eigenvalue weighted by molar-refractivity contribution is 7.86. The summed E-state index contributed by atoms with van der Waals surface area (Å²) in [6.07, 6.45) is 0.798.